The molecule has 1 atom stereocenters. The molecule has 1 unspecified atom stereocenters. The second-order valence-electron chi connectivity index (χ2n) is 9.07. The third kappa shape index (κ3) is 10.3. The van der Waals surface area contributed by atoms with Crippen LogP contribution in [-0.4, -0.2) is 12.5 Å². The first-order valence-corrected chi connectivity index (χ1v) is 12.6. The van der Waals surface area contributed by atoms with E-state index in [1.807, 2.05) is 12.1 Å². The summed E-state index contributed by atoms with van der Waals surface area (Å²) in [5.41, 5.74) is 7.59. The number of halogens is 3. The van der Waals surface area contributed by atoms with E-state index >= 15 is 0 Å². The minimum absolute atomic E-state index is 0.110. The van der Waals surface area contributed by atoms with E-state index in [0.717, 1.165) is 30.5 Å². The quantitative estimate of drug-likeness (QED) is 0.260. The second-order valence-corrected chi connectivity index (χ2v) is 9.07. The number of hydrogen-bond acceptors (Lipinski definition) is 2. The Kier molecular flexibility index (Phi) is 12.2. The molecule has 0 aliphatic heterocycles. The van der Waals surface area contributed by atoms with Gasteiger partial charge in [-0.3, -0.25) is 4.79 Å². The van der Waals surface area contributed by atoms with Crippen LogP contribution in [0.15, 0.2) is 48.5 Å². The maximum atomic E-state index is 12.7. The zero-order chi connectivity index (χ0) is 24.8. The van der Waals surface area contributed by atoms with Crippen molar-refractivity contribution in [1.82, 2.24) is 5.32 Å². The molecule has 3 N–H and O–H groups in total. The zero-order valence-electron chi connectivity index (χ0n) is 20.3. The molecular weight excluding hydrogens is 437 g/mol. The zero-order valence-corrected chi connectivity index (χ0v) is 20.3. The molecule has 2 aromatic carbocycles. The largest absolute Gasteiger partial charge is 0.416 e. The van der Waals surface area contributed by atoms with Crippen molar-refractivity contribution in [3.8, 4) is 0 Å². The molecule has 0 radical (unpaired) electrons. The normalized spacial score (nSPS) is 12.5. The van der Waals surface area contributed by atoms with Crippen molar-refractivity contribution >= 4 is 5.91 Å². The molecular formula is C28H39F3N2O. The lowest BCUT2D eigenvalue weighted by molar-refractivity contribution is -0.137. The van der Waals surface area contributed by atoms with Gasteiger partial charge in [-0.2, -0.15) is 13.2 Å². The number of carbonyl (C=O) groups excluding carboxylic acids is 1. The maximum absolute atomic E-state index is 12.7. The van der Waals surface area contributed by atoms with E-state index in [-0.39, 0.29) is 5.91 Å². The molecule has 34 heavy (non-hydrogen) atoms. The van der Waals surface area contributed by atoms with Crippen LogP contribution in [0.3, 0.4) is 0 Å². The van der Waals surface area contributed by atoms with E-state index in [1.165, 1.54) is 63.5 Å². The summed E-state index contributed by atoms with van der Waals surface area (Å²) in [7, 11) is 0. The lowest BCUT2D eigenvalue weighted by atomic mass is 9.97. The molecule has 0 saturated heterocycles. The lowest BCUT2D eigenvalue weighted by Crippen LogP contribution is -2.24. The molecule has 0 aromatic heterocycles. The van der Waals surface area contributed by atoms with Crippen LogP contribution in [0.25, 0.3) is 0 Å². The molecule has 0 saturated carbocycles. The molecule has 2 aromatic rings. The van der Waals surface area contributed by atoms with Gasteiger partial charge in [-0.25, -0.2) is 0 Å². The number of hydrogen-bond donors (Lipinski definition) is 2. The van der Waals surface area contributed by atoms with E-state index in [2.05, 4.69) is 12.2 Å². The van der Waals surface area contributed by atoms with Gasteiger partial charge in [0, 0.05) is 18.2 Å². The van der Waals surface area contributed by atoms with Gasteiger partial charge in [0.2, 0.25) is 0 Å². The van der Waals surface area contributed by atoms with E-state index in [9.17, 15) is 18.0 Å². The molecule has 1 amide bonds. The van der Waals surface area contributed by atoms with Crippen LogP contribution in [0.1, 0.15) is 104 Å². The monoisotopic (exact) mass is 476 g/mol. The smallest absolute Gasteiger partial charge is 0.352 e. The van der Waals surface area contributed by atoms with Crippen molar-refractivity contribution in [2.75, 3.05) is 6.54 Å². The molecule has 6 heteroatoms. The van der Waals surface area contributed by atoms with Crippen LogP contribution in [0.2, 0.25) is 0 Å². The van der Waals surface area contributed by atoms with Gasteiger partial charge >= 0.3 is 6.18 Å². The molecule has 3 nitrogen and oxygen atoms in total. The number of alkyl halides is 3. The summed E-state index contributed by atoms with van der Waals surface area (Å²) in [6, 6.07) is 11.7. The van der Waals surface area contributed by atoms with Crippen molar-refractivity contribution in [2.45, 2.75) is 89.8 Å². The molecule has 0 aliphatic rings. The third-order valence-corrected chi connectivity index (χ3v) is 6.13. The van der Waals surface area contributed by atoms with Crippen LogP contribution >= 0.6 is 0 Å². The first-order chi connectivity index (χ1) is 16.3. The van der Waals surface area contributed by atoms with Crippen LogP contribution in [0.5, 0.6) is 0 Å². The Morgan fingerprint density at radius 1 is 0.882 bits per heavy atom. The Morgan fingerprint density at radius 2 is 1.47 bits per heavy atom. The maximum Gasteiger partial charge on any atom is 0.416 e. The highest BCUT2D eigenvalue weighted by Gasteiger charge is 2.30. The predicted molar refractivity (Wildman–Crippen MR) is 133 cm³/mol. The fourth-order valence-electron chi connectivity index (χ4n) is 4.05. The Balaban J connectivity index is 1.70. The Bertz CT molecular complexity index is 849. The average molecular weight is 477 g/mol. The molecule has 188 valence electrons. The van der Waals surface area contributed by atoms with Gasteiger partial charge < -0.3 is 11.1 Å². The minimum Gasteiger partial charge on any atom is -0.352 e. The number of carbonyl (C=O) groups is 1. The topological polar surface area (TPSA) is 55.1 Å². The van der Waals surface area contributed by atoms with Crippen molar-refractivity contribution in [3.63, 3.8) is 0 Å². The number of nitrogens with two attached hydrogens (primary N) is 1. The van der Waals surface area contributed by atoms with Gasteiger partial charge in [0.15, 0.2) is 0 Å². The summed E-state index contributed by atoms with van der Waals surface area (Å²) in [6.45, 7) is 2.89. The van der Waals surface area contributed by atoms with Gasteiger partial charge in [-0.05, 0) is 48.2 Å². The highest BCUT2D eigenvalue weighted by molar-refractivity contribution is 5.94. The summed E-state index contributed by atoms with van der Waals surface area (Å²) in [5.74, 6) is -0.110. The second kappa shape index (κ2) is 14.8. The average Bonchev–Trinajstić information content (AvgIpc) is 2.82. The minimum atomic E-state index is -4.36. The lowest BCUT2D eigenvalue weighted by Gasteiger charge is -2.14. The van der Waals surface area contributed by atoms with Gasteiger partial charge in [0.05, 0.1) is 5.56 Å². The highest BCUT2D eigenvalue weighted by atomic mass is 19.4. The van der Waals surface area contributed by atoms with E-state index in [1.54, 1.807) is 12.1 Å². The molecule has 0 spiro atoms. The SMILES string of the molecule is CCCCCCCCCCCCNC(=O)c1cccc(CC(N)c2ccc(C(F)(F)F)cc2)c1. The van der Waals surface area contributed by atoms with Gasteiger partial charge in [0.1, 0.15) is 0 Å². The van der Waals surface area contributed by atoms with Gasteiger partial charge in [0.25, 0.3) is 5.91 Å². The molecule has 0 fully saturated rings. The highest BCUT2D eigenvalue weighted by Crippen LogP contribution is 2.30. The predicted octanol–water partition coefficient (Wildman–Crippen LogP) is 7.60. The van der Waals surface area contributed by atoms with Gasteiger partial charge in [-0.1, -0.05) is 89.0 Å². The Labute approximate surface area is 202 Å². The summed E-state index contributed by atoms with van der Waals surface area (Å²) in [4.78, 5) is 12.5. The molecule has 0 heterocycles. The van der Waals surface area contributed by atoms with Crippen molar-refractivity contribution in [1.29, 1.82) is 0 Å². The van der Waals surface area contributed by atoms with E-state index in [4.69, 9.17) is 5.73 Å². The summed E-state index contributed by atoms with van der Waals surface area (Å²) in [5, 5.41) is 2.98. The van der Waals surface area contributed by atoms with Gasteiger partial charge in [-0.15, -0.1) is 0 Å². The van der Waals surface area contributed by atoms with E-state index in [0.29, 0.717) is 24.1 Å². The number of rotatable bonds is 15. The number of nitrogens with one attached hydrogen (secondary N) is 1. The molecule has 0 aliphatic carbocycles. The Morgan fingerprint density at radius 3 is 2.06 bits per heavy atom. The summed E-state index contributed by atoms with van der Waals surface area (Å²) >= 11 is 0. The number of benzene rings is 2. The Hall–Kier alpha value is -2.34. The van der Waals surface area contributed by atoms with E-state index < -0.39 is 17.8 Å². The third-order valence-electron chi connectivity index (χ3n) is 6.13. The standard InChI is InChI=1S/C28H39F3N2O/c1-2-3-4-5-6-7-8-9-10-11-19-33-27(34)24-14-12-13-22(20-24)21-26(32)23-15-17-25(18-16-23)28(29,30)31/h12-18,20,26H,2-11,19,21,32H2,1H3,(H,33,34). The molecule has 0 bridgehead atoms. The number of unbranched alkanes of at least 4 members (excludes halogenated alkanes) is 9. The summed E-state index contributed by atoms with van der Waals surface area (Å²) < 4.78 is 38.2. The van der Waals surface area contributed by atoms with Crippen molar-refractivity contribution in [2.24, 2.45) is 5.73 Å². The van der Waals surface area contributed by atoms with Crippen LogP contribution in [-0.2, 0) is 12.6 Å². The first kappa shape index (κ1) is 27.9. The van der Waals surface area contributed by atoms with Crippen LogP contribution < -0.4 is 11.1 Å². The fourth-order valence-corrected chi connectivity index (χ4v) is 4.05. The molecule has 2 rings (SSSR count). The van der Waals surface area contributed by atoms with Crippen molar-refractivity contribution in [3.05, 3.63) is 70.8 Å². The first-order valence-electron chi connectivity index (χ1n) is 12.6. The fraction of sp³-hybridized carbons (Fsp3) is 0.536. The van der Waals surface area contributed by atoms with Crippen molar-refractivity contribution < 1.29 is 18.0 Å². The van der Waals surface area contributed by atoms with Crippen LogP contribution in [0, 0.1) is 0 Å². The number of amides is 1. The van der Waals surface area contributed by atoms with Crippen LogP contribution in [0.4, 0.5) is 13.2 Å². The summed E-state index contributed by atoms with van der Waals surface area (Å²) in [6.07, 6.45) is 8.60.